The number of aliphatic hydroxyl groups excluding tert-OH is 1. The first kappa shape index (κ1) is 41.5. The van der Waals surface area contributed by atoms with Gasteiger partial charge in [-0.3, -0.25) is 4.79 Å². The molecular weight excluding hydrogens is 545 g/mol. The minimum absolute atomic E-state index is 0.0808. The highest BCUT2D eigenvalue weighted by Crippen LogP contribution is 2.23. The number of halogens is 1. The molecule has 3 amide bonds. The lowest BCUT2D eigenvalue weighted by molar-refractivity contribution is 0.0963. The molecule has 0 bridgehead atoms. The molecule has 0 radical (unpaired) electrons. The van der Waals surface area contributed by atoms with Gasteiger partial charge in [0.05, 0.1) is 5.56 Å². The van der Waals surface area contributed by atoms with Crippen LogP contribution in [-0.4, -0.2) is 66.0 Å². The molecule has 2 rings (SSSR count). The number of amides is 3. The van der Waals surface area contributed by atoms with Crippen molar-refractivity contribution in [3.05, 3.63) is 70.7 Å². The molecule has 0 fully saturated rings. The number of urea groups is 1. The van der Waals surface area contributed by atoms with E-state index < -0.39 is 11.7 Å². The summed E-state index contributed by atoms with van der Waals surface area (Å²) in [5.41, 5.74) is 3.22. The Labute approximate surface area is 259 Å². The summed E-state index contributed by atoms with van der Waals surface area (Å²) < 4.78 is 14.6. The van der Waals surface area contributed by atoms with E-state index in [1.54, 1.807) is 44.1 Å². The zero-order valence-electron chi connectivity index (χ0n) is 28.1. The average Bonchev–Trinajstić information content (AvgIpc) is 2.96. The molecule has 0 spiro atoms. The van der Waals surface area contributed by atoms with E-state index in [1.807, 2.05) is 34.6 Å². The van der Waals surface area contributed by atoms with Crippen LogP contribution >= 0.6 is 0 Å². The summed E-state index contributed by atoms with van der Waals surface area (Å²) in [5, 5.41) is 24.9. The molecule has 43 heavy (non-hydrogen) atoms. The minimum atomic E-state index is -0.594. The summed E-state index contributed by atoms with van der Waals surface area (Å²) in [7, 11) is 3.37. The van der Waals surface area contributed by atoms with Crippen LogP contribution in [0.15, 0.2) is 48.2 Å². The number of hydrogen-bond donors (Lipinski definition) is 4. The number of allylic oxidation sites excluding steroid dienone is 4. The van der Waals surface area contributed by atoms with Crippen LogP contribution in [0.3, 0.4) is 0 Å². The average molecular weight is 602 g/mol. The van der Waals surface area contributed by atoms with Gasteiger partial charge in [-0.2, -0.15) is 0 Å². The number of carbonyl (C=O) groups is 2. The Hall–Kier alpha value is -3.59. The van der Waals surface area contributed by atoms with Crippen molar-refractivity contribution in [3.63, 3.8) is 0 Å². The van der Waals surface area contributed by atoms with Gasteiger partial charge in [-0.05, 0) is 79.6 Å². The lowest BCUT2D eigenvalue weighted by atomic mass is 9.96. The first-order valence-corrected chi connectivity index (χ1v) is 14.9. The summed E-state index contributed by atoms with van der Waals surface area (Å²) in [5.74, 6) is -0.569. The number of rotatable bonds is 8. The first-order valence-electron chi connectivity index (χ1n) is 14.9. The number of aliphatic hydroxyl groups is 1. The number of nitrogens with zero attached hydrogens (tertiary/aromatic N) is 2. The van der Waals surface area contributed by atoms with E-state index in [2.05, 4.69) is 25.7 Å². The number of hydrogen-bond acceptors (Lipinski definition) is 5. The molecule has 9 heteroatoms. The first-order chi connectivity index (χ1) is 20.1. The van der Waals surface area contributed by atoms with Crippen LogP contribution in [0.25, 0.3) is 0 Å². The Kier molecular flexibility index (Phi) is 22.2. The van der Waals surface area contributed by atoms with Crippen molar-refractivity contribution in [2.45, 2.75) is 81.2 Å². The van der Waals surface area contributed by atoms with Gasteiger partial charge in [-0.1, -0.05) is 66.7 Å². The Morgan fingerprint density at radius 3 is 2.19 bits per heavy atom. The third-order valence-electron chi connectivity index (χ3n) is 6.01. The molecule has 1 atom stereocenters. The van der Waals surface area contributed by atoms with Gasteiger partial charge in [-0.25, -0.2) is 9.18 Å². The van der Waals surface area contributed by atoms with Crippen molar-refractivity contribution in [3.8, 4) is 0 Å². The monoisotopic (exact) mass is 601 g/mol. The maximum Gasteiger partial charge on any atom is 0.319 e. The van der Waals surface area contributed by atoms with E-state index in [1.165, 1.54) is 29.7 Å². The largest absolute Gasteiger partial charge is 0.396 e. The molecule has 0 saturated heterocycles. The van der Waals surface area contributed by atoms with Crippen molar-refractivity contribution in [2.75, 3.05) is 27.2 Å². The molecule has 1 aliphatic rings. The molecule has 242 valence electrons. The Morgan fingerprint density at radius 1 is 1.19 bits per heavy atom. The van der Waals surface area contributed by atoms with Crippen LogP contribution in [0.4, 0.5) is 9.18 Å². The second-order valence-corrected chi connectivity index (χ2v) is 10.9. The van der Waals surface area contributed by atoms with Crippen molar-refractivity contribution in [1.29, 1.82) is 10.8 Å². The molecule has 0 aliphatic carbocycles. The van der Waals surface area contributed by atoms with Crippen molar-refractivity contribution >= 4 is 23.9 Å². The highest BCUT2D eigenvalue weighted by atomic mass is 19.1. The van der Waals surface area contributed by atoms with Gasteiger partial charge in [-0.15, -0.1) is 0 Å². The van der Waals surface area contributed by atoms with Gasteiger partial charge in [0.1, 0.15) is 5.82 Å². The zero-order valence-corrected chi connectivity index (χ0v) is 28.1. The van der Waals surface area contributed by atoms with E-state index in [4.69, 9.17) is 15.9 Å². The highest BCUT2D eigenvalue weighted by molar-refractivity contribution is 5.99. The fraction of sp³-hybridized carbons (Fsp3) is 0.529. The molecular formula is C34H56FN5O3. The quantitative estimate of drug-likeness (QED) is 0.184. The lowest BCUT2D eigenvalue weighted by Gasteiger charge is -2.31. The van der Waals surface area contributed by atoms with Crippen molar-refractivity contribution in [1.82, 2.24) is 15.1 Å². The SMILES string of the molecule is C=C(/C=C\C=C(/C)C(=N)C(C)CC)NC(=O)c1cc2c(cc1F)CCN(C(=O)N(C)C)C2.CC(C)CO.CC=N.CCC. The molecule has 1 aromatic carbocycles. The third kappa shape index (κ3) is 16.6. The van der Waals surface area contributed by atoms with Crippen molar-refractivity contribution in [2.24, 2.45) is 11.8 Å². The van der Waals surface area contributed by atoms with E-state index in [9.17, 15) is 14.0 Å². The summed E-state index contributed by atoms with van der Waals surface area (Å²) in [6.07, 6.45) is 9.05. The standard InChI is InChI=1S/C25H33FN4O2.C4H10O.C3H8.C2H5N/c1-7-16(2)23(27)17(3)9-8-10-18(4)28-24(31)21-13-20-15-30(25(32)29(5)6)12-11-19(20)14-22(21)26;1-4(2)3-5;1-3-2;1-2-3/h8-10,13-14,16,27H,4,7,11-12,15H2,1-3,5-6H3,(H,28,31);4-5H,3H2,1-2H3;3H2,1-2H3;2-3H,1H3/b10-8-,17-9+,27-23?;;;. The van der Waals surface area contributed by atoms with Crippen molar-refractivity contribution < 1.29 is 19.1 Å². The van der Waals surface area contributed by atoms with Crippen LogP contribution in [-0.2, 0) is 13.0 Å². The number of carbonyl (C=O) groups excluding carboxylic acids is 2. The lowest BCUT2D eigenvalue weighted by Crippen LogP contribution is -2.42. The Balaban J connectivity index is 0. The van der Waals surface area contributed by atoms with Crippen LogP contribution in [0.2, 0.25) is 0 Å². The fourth-order valence-corrected chi connectivity index (χ4v) is 3.45. The van der Waals surface area contributed by atoms with Gasteiger partial charge < -0.3 is 31.0 Å². The molecule has 8 nitrogen and oxygen atoms in total. The molecule has 4 N–H and O–H groups in total. The van der Waals surface area contributed by atoms with E-state index in [0.717, 1.165) is 23.1 Å². The normalized spacial score (nSPS) is 12.8. The number of benzene rings is 1. The molecule has 0 saturated carbocycles. The fourth-order valence-electron chi connectivity index (χ4n) is 3.45. The maximum atomic E-state index is 14.6. The molecule has 0 aromatic heterocycles. The van der Waals surface area contributed by atoms with Crippen LogP contribution in [0.1, 0.15) is 89.7 Å². The Bertz CT molecular complexity index is 1110. The van der Waals surface area contributed by atoms with Gasteiger partial charge in [0, 0.05) is 45.2 Å². The van der Waals surface area contributed by atoms with E-state index in [0.29, 0.717) is 43.4 Å². The van der Waals surface area contributed by atoms with Gasteiger partial charge in [0.25, 0.3) is 5.91 Å². The second-order valence-electron chi connectivity index (χ2n) is 10.9. The molecule has 1 aliphatic heterocycles. The second kappa shape index (κ2) is 22.9. The summed E-state index contributed by atoms with van der Waals surface area (Å²) in [6.45, 7) is 20.7. The topological polar surface area (TPSA) is 121 Å². The molecule has 1 heterocycles. The van der Waals surface area contributed by atoms with Gasteiger partial charge >= 0.3 is 6.03 Å². The minimum Gasteiger partial charge on any atom is -0.396 e. The number of nitrogens with one attached hydrogen (secondary N) is 3. The molecule has 1 aromatic rings. The zero-order chi connectivity index (χ0) is 33.7. The highest BCUT2D eigenvalue weighted by Gasteiger charge is 2.24. The van der Waals surface area contributed by atoms with E-state index in [-0.39, 0.29) is 17.5 Å². The maximum absolute atomic E-state index is 14.6. The summed E-state index contributed by atoms with van der Waals surface area (Å²) in [6, 6.07) is 2.78. The van der Waals surface area contributed by atoms with Crippen LogP contribution in [0.5, 0.6) is 0 Å². The van der Waals surface area contributed by atoms with Gasteiger partial charge in [0.15, 0.2) is 0 Å². The number of fused-ring (bicyclic) bond motifs is 1. The smallest absolute Gasteiger partial charge is 0.319 e. The van der Waals surface area contributed by atoms with E-state index >= 15 is 0 Å². The van der Waals surface area contributed by atoms with Crippen LogP contribution in [0, 0.1) is 28.5 Å². The van der Waals surface area contributed by atoms with Gasteiger partial charge in [0.2, 0.25) is 0 Å². The molecule has 1 unspecified atom stereocenters. The Morgan fingerprint density at radius 2 is 1.72 bits per heavy atom. The summed E-state index contributed by atoms with van der Waals surface area (Å²) >= 11 is 0. The third-order valence-corrected chi connectivity index (χ3v) is 6.01. The van der Waals surface area contributed by atoms with Crippen LogP contribution < -0.4 is 5.32 Å². The summed E-state index contributed by atoms with van der Waals surface area (Å²) in [4.78, 5) is 28.1. The predicted molar refractivity (Wildman–Crippen MR) is 179 cm³/mol. The predicted octanol–water partition coefficient (Wildman–Crippen LogP) is 7.38.